The maximum atomic E-state index is 12.0. The number of carbonyl (C=O) groups excluding carboxylic acids is 1. The van der Waals surface area contributed by atoms with E-state index in [2.05, 4.69) is 15.6 Å². The minimum atomic E-state index is -0.418. The molecule has 0 spiro atoms. The van der Waals surface area contributed by atoms with E-state index < -0.39 is 4.92 Å². The number of non-ortho nitro benzene ring substituents is 1. The number of hydrogen-bond donors (Lipinski definition) is 2. The summed E-state index contributed by atoms with van der Waals surface area (Å²) in [6, 6.07) is 21.0. The van der Waals surface area contributed by atoms with Gasteiger partial charge in [0.25, 0.3) is 5.69 Å². The zero-order chi connectivity index (χ0) is 27.5. The minimum absolute atomic E-state index is 0.0199. The van der Waals surface area contributed by atoms with Gasteiger partial charge in [0.05, 0.1) is 29.5 Å². The van der Waals surface area contributed by atoms with Crippen LogP contribution in [0, 0.1) is 10.1 Å². The molecule has 4 aromatic rings. The number of aromatic nitrogens is 2. The van der Waals surface area contributed by atoms with E-state index in [1.54, 1.807) is 38.4 Å². The monoisotopic (exact) mass is 542 g/mol. The van der Waals surface area contributed by atoms with Crippen molar-refractivity contribution < 1.29 is 14.5 Å². The predicted molar refractivity (Wildman–Crippen MR) is 152 cm³/mol. The second-order valence-electron chi connectivity index (χ2n) is 8.86. The Kier molecular flexibility index (Phi) is 7.24. The molecular weight excluding hydrogens is 516 g/mol. The number of anilines is 2. The molecule has 2 unspecified atom stereocenters. The first-order valence-electron chi connectivity index (χ1n) is 12.3. The number of pyridine rings is 1. The summed E-state index contributed by atoms with van der Waals surface area (Å²) in [5.41, 5.74) is 3.83. The molecule has 0 saturated carbocycles. The molecule has 1 aliphatic rings. The van der Waals surface area contributed by atoms with E-state index in [9.17, 15) is 14.9 Å². The van der Waals surface area contributed by atoms with Crippen LogP contribution in [0.2, 0.25) is 0 Å². The van der Waals surface area contributed by atoms with Crippen molar-refractivity contribution in [3.63, 3.8) is 0 Å². The summed E-state index contributed by atoms with van der Waals surface area (Å²) in [4.78, 5) is 29.4. The van der Waals surface area contributed by atoms with Gasteiger partial charge in [-0.2, -0.15) is 0 Å². The lowest BCUT2D eigenvalue weighted by atomic mass is 10.0. The molecule has 1 aliphatic heterocycles. The highest BCUT2D eigenvalue weighted by atomic mass is 32.1. The molecule has 2 aromatic carbocycles. The van der Waals surface area contributed by atoms with Crippen LogP contribution in [0.3, 0.4) is 0 Å². The Balaban J connectivity index is 1.61. The van der Waals surface area contributed by atoms with E-state index in [-0.39, 0.29) is 23.7 Å². The first kappa shape index (κ1) is 25.9. The number of thiocarbonyl (C=S) groups is 1. The Bertz CT molecular complexity index is 1520. The second kappa shape index (κ2) is 10.9. The van der Waals surface area contributed by atoms with E-state index in [0.717, 1.165) is 22.8 Å². The summed E-state index contributed by atoms with van der Waals surface area (Å²) in [6.07, 6.45) is 4.00. The van der Waals surface area contributed by atoms with Gasteiger partial charge in [-0.3, -0.25) is 19.9 Å². The third kappa shape index (κ3) is 5.04. The Labute approximate surface area is 230 Å². The first-order valence-corrected chi connectivity index (χ1v) is 12.7. The molecule has 0 aliphatic carbocycles. The highest BCUT2D eigenvalue weighted by molar-refractivity contribution is 7.80. The fourth-order valence-electron chi connectivity index (χ4n) is 4.71. The van der Waals surface area contributed by atoms with Crippen LogP contribution in [0.1, 0.15) is 36.8 Å². The van der Waals surface area contributed by atoms with Crippen LogP contribution in [0.15, 0.2) is 85.2 Å². The predicted octanol–water partition coefficient (Wildman–Crippen LogP) is 5.31. The van der Waals surface area contributed by atoms with Crippen molar-refractivity contribution in [2.45, 2.75) is 25.4 Å². The summed E-state index contributed by atoms with van der Waals surface area (Å²) in [7, 11) is 1.55. The van der Waals surface area contributed by atoms with Gasteiger partial charge in [0.1, 0.15) is 11.8 Å². The van der Waals surface area contributed by atoms with Crippen molar-refractivity contribution in [1.29, 1.82) is 0 Å². The number of nitro groups is 1. The van der Waals surface area contributed by atoms with E-state index in [4.69, 9.17) is 17.0 Å². The maximum absolute atomic E-state index is 12.0. The molecule has 0 radical (unpaired) electrons. The number of carbonyl (C=O) groups is 1. The van der Waals surface area contributed by atoms with Crippen LogP contribution in [0.4, 0.5) is 17.1 Å². The lowest BCUT2D eigenvalue weighted by Crippen LogP contribution is -2.30. The number of rotatable bonds is 8. The van der Waals surface area contributed by atoms with Gasteiger partial charge in [-0.25, -0.2) is 0 Å². The molecular formula is C28H26N6O4S. The largest absolute Gasteiger partial charge is 0.494 e. The van der Waals surface area contributed by atoms with Crippen molar-refractivity contribution in [3.8, 4) is 11.4 Å². The number of ether oxygens (including phenoxy) is 1. The van der Waals surface area contributed by atoms with Gasteiger partial charge in [0, 0.05) is 54.1 Å². The van der Waals surface area contributed by atoms with Gasteiger partial charge in [-0.1, -0.05) is 13.0 Å². The van der Waals surface area contributed by atoms with Crippen LogP contribution in [0.25, 0.3) is 5.69 Å². The lowest BCUT2D eigenvalue weighted by Gasteiger charge is -2.29. The molecule has 2 aromatic heterocycles. The van der Waals surface area contributed by atoms with E-state index in [1.165, 1.54) is 12.1 Å². The molecule has 0 bridgehead atoms. The molecule has 5 rings (SSSR count). The number of nitrogens with zero attached hydrogens (tertiary/aromatic N) is 4. The van der Waals surface area contributed by atoms with Crippen LogP contribution in [-0.4, -0.2) is 32.6 Å². The smallest absolute Gasteiger partial charge is 0.269 e. The first-order chi connectivity index (χ1) is 18.9. The average Bonchev–Trinajstić information content (AvgIpc) is 3.58. The summed E-state index contributed by atoms with van der Waals surface area (Å²) >= 11 is 5.85. The molecule has 3 heterocycles. The zero-order valence-electron chi connectivity index (χ0n) is 21.3. The molecule has 1 saturated heterocycles. The van der Waals surface area contributed by atoms with Gasteiger partial charge in [0.15, 0.2) is 5.11 Å². The molecule has 1 amide bonds. The number of methoxy groups -OCH3 is 1. The highest BCUT2D eigenvalue weighted by Gasteiger charge is 2.42. The van der Waals surface area contributed by atoms with Gasteiger partial charge < -0.3 is 24.8 Å². The van der Waals surface area contributed by atoms with Crippen LogP contribution >= 0.6 is 12.2 Å². The fraction of sp³-hybridized carbons (Fsp3) is 0.179. The maximum Gasteiger partial charge on any atom is 0.269 e. The Morgan fingerprint density at radius 1 is 1.13 bits per heavy atom. The van der Waals surface area contributed by atoms with Crippen LogP contribution in [0.5, 0.6) is 5.75 Å². The third-order valence-corrected chi connectivity index (χ3v) is 6.89. The fourth-order valence-corrected chi connectivity index (χ4v) is 5.06. The standard InChI is InChI=1S/C28H26N6O4S/c1-3-25(35)30-21-14-13-20(17-24(21)38-2)33-27(26(31-28(33)39)22-7-4-5-15-29-22)23-8-6-16-32(23)18-9-11-19(12-10-18)34(36)37/h4-17,26-27H,3H2,1-2H3,(H,30,35)(H,31,39). The van der Waals surface area contributed by atoms with Crippen LogP contribution in [-0.2, 0) is 4.79 Å². The number of hydrogen-bond acceptors (Lipinski definition) is 6. The molecule has 39 heavy (non-hydrogen) atoms. The number of nitro benzene ring substituents is 1. The molecule has 10 nitrogen and oxygen atoms in total. The van der Waals surface area contributed by atoms with Crippen molar-refractivity contribution in [1.82, 2.24) is 14.9 Å². The minimum Gasteiger partial charge on any atom is -0.494 e. The molecule has 11 heteroatoms. The lowest BCUT2D eigenvalue weighted by molar-refractivity contribution is -0.384. The van der Waals surface area contributed by atoms with E-state index >= 15 is 0 Å². The van der Waals surface area contributed by atoms with Gasteiger partial charge >= 0.3 is 0 Å². The quantitative estimate of drug-likeness (QED) is 0.175. The number of amides is 1. The molecule has 2 atom stereocenters. The van der Waals surface area contributed by atoms with Gasteiger partial charge in [-0.05, 0) is 60.7 Å². The zero-order valence-corrected chi connectivity index (χ0v) is 22.1. The SMILES string of the molecule is CCC(=O)Nc1ccc(N2C(=S)NC(c3ccccn3)C2c2cccn2-c2ccc([N+](=O)[O-])cc2)cc1OC. The van der Waals surface area contributed by atoms with Crippen molar-refractivity contribution in [3.05, 3.63) is 107 Å². The number of nitrogens with one attached hydrogen (secondary N) is 2. The van der Waals surface area contributed by atoms with Crippen molar-refractivity contribution in [2.75, 3.05) is 17.3 Å². The topological polar surface area (TPSA) is 115 Å². The Morgan fingerprint density at radius 2 is 1.90 bits per heavy atom. The second-order valence-corrected chi connectivity index (χ2v) is 9.25. The Morgan fingerprint density at radius 3 is 2.56 bits per heavy atom. The van der Waals surface area contributed by atoms with E-state index in [0.29, 0.717) is 23.0 Å². The summed E-state index contributed by atoms with van der Waals surface area (Å²) in [6.45, 7) is 1.78. The molecule has 1 fully saturated rings. The van der Waals surface area contributed by atoms with Gasteiger partial charge in [-0.15, -0.1) is 0 Å². The van der Waals surface area contributed by atoms with Crippen LogP contribution < -0.4 is 20.3 Å². The average molecular weight is 543 g/mol. The summed E-state index contributed by atoms with van der Waals surface area (Å²) < 4.78 is 7.60. The third-order valence-electron chi connectivity index (χ3n) is 6.58. The van der Waals surface area contributed by atoms with Crippen molar-refractivity contribution >= 4 is 40.3 Å². The van der Waals surface area contributed by atoms with Crippen molar-refractivity contribution in [2.24, 2.45) is 0 Å². The summed E-state index contributed by atoms with van der Waals surface area (Å²) in [5.74, 6) is 0.385. The molecule has 198 valence electrons. The van der Waals surface area contributed by atoms with Gasteiger partial charge in [0.2, 0.25) is 5.91 Å². The number of benzene rings is 2. The molecule has 2 N–H and O–H groups in total. The normalized spacial score (nSPS) is 16.6. The highest BCUT2D eigenvalue weighted by Crippen LogP contribution is 2.44. The Hall–Kier alpha value is -4.77. The van der Waals surface area contributed by atoms with E-state index in [1.807, 2.05) is 58.1 Å². The summed E-state index contributed by atoms with van der Waals surface area (Å²) in [5, 5.41) is 18.0.